The van der Waals surface area contributed by atoms with Gasteiger partial charge in [-0.2, -0.15) is 0 Å². The molecule has 0 unspecified atom stereocenters. The summed E-state index contributed by atoms with van der Waals surface area (Å²) in [6.07, 6.45) is 4.99. The first-order chi connectivity index (χ1) is 5.22. The molecule has 0 aromatic carbocycles. The predicted molar refractivity (Wildman–Crippen MR) is 45.6 cm³/mol. The maximum atomic E-state index is 10.5. The Morgan fingerprint density at radius 1 is 1.36 bits per heavy atom. The number of rotatable bonds is 6. The van der Waals surface area contributed by atoms with Gasteiger partial charge in [0.25, 0.3) is 0 Å². The molecule has 0 rings (SSSR count). The van der Waals surface area contributed by atoms with Gasteiger partial charge in [-0.05, 0) is 12.8 Å². The zero-order valence-electron chi connectivity index (χ0n) is 7.47. The van der Waals surface area contributed by atoms with Gasteiger partial charge in [-0.25, -0.2) is 0 Å². The van der Waals surface area contributed by atoms with Crippen LogP contribution in [0.3, 0.4) is 0 Å². The van der Waals surface area contributed by atoms with Gasteiger partial charge in [-0.1, -0.05) is 33.1 Å². The summed E-state index contributed by atoms with van der Waals surface area (Å²) in [5.74, 6) is -0.745. The molecule has 0 fully saturated rings. The highest BCUT2D eigenvalue weighted by Gasteiger charge is 2.13. The van der Waals surface area contributed by atoms with Crippen molar-refractivity contribution in [2.24, 2.45) is 5.92 Å². The lowest BCUT2D eigenvalue weighted by molar-refractivity contribution is -0.142. The van der Waals surface area contributed by atoms with Crippen LogP contribution in [0.2, 0.25) is 0 Å². The normalized spacial score (nSPS) is 12.9. The van der Waals surface area contributed by atoms with E-state index in [1.165, 1.54) is 0 Å². The molecule has 0 aromatic rings. The predicted octanol–water partition coefficient (Wildman–Crippen LogP) is 2.68. The fraction of sp³-hybridized carbons (Fsp3) is 0.889. The molecule has 0 bridgehead atoms. The van der Waals surface area contributed by atoms with Gasteiger partial charge < -0.3 is 5.11 Å². The Morgan fingerprint density at radius 2 is 2.00 bits per heavy atom. The molecule has 66 valence electrons. The van der Waals surface area contributed by atoms with E-state index in [0.717, 1.165) is 32.1 Å². The maximum Gasteiger partial charge on any atom is 0.306 e. The van der Waals surface area contributed by atoms with Crippen molar-refractivity contribution in [1.82, 2.24) is 0 Å². The van der Waals surface area contributed by atoms with E-state index >= 15 is 0 Å². The van der Waals surface area contributed by atoms with Crippen LogP contribution in [0.25, 0.3) is 0 Å². The SMILES string of the molecule is CCCCC[C@@H](CC)C(=O)O. The molecule has 1 N–H and O–H groups in total. The monoisotopic (exact) mass is 158 g/mol. The van der Waals surface area contributed by atoms with Crippen LogP contribution in [0.4, 0.5) is 0 Å². The molecule has 0 spiro atoms. The third kappa shape index (κ3) is 4.82. The zero-order valence-corrected chi connectivity index (χ0v) is 7.47. The van der Waals surface area contributed by atoms with E-state index in [9.17, 15) is 4.79 Å². The first-order valence-electron chi connectivity index (χ1n) is 4.45. The van der Waals surface area contributed by atoms with Crippen LogP contribution in [0.5, 0.6) is 0 Å². The van der Waals surface area contributed by atoms with E-state index in [2.05, 4.69) is 6.92 Å². The summed E-state index contributed by atoms with van der Waals surface area (Å²) < 4.78 is 0. The van der Waals surface area contributed by atoms with Crippen molar-refractivity contribution in [3.8, 4) is 0 Å². The molecule has 0 aliphatic heterocycles. The summed E-state index contributed by atoms with van der Waals surface area (Å²) >= 11 is 0. The van der Waals surface area contributed by atoms with Crippen LogP contribution < -0.4 is 0 Å². The Kier molecular flexibility index (Phi) is 5.90. The largest absolute Gasteiger partial charge is 0.481 e. The Labute approximate surface area is 68.6 Å². The molecule has 0 amide bonds. The van der Waals surface area contributed by atoms with E-state index in [1.807, 2.05) is 6.92 Å². The van der Waals surface area contributed by atoms with Crippen molar-refractivity contribution >= 4 is 5.97 Å². The van der Waals surface area contributed by atoms with Crippen molar-refractivity contribution in [1.29, 1.82) is 0 Å². The van der Waals surface area contributed by atoms with Gasteiger partial charge in [-0.3, -0.25) is 4.79 Å². The van der Waals surface area contributed by atoms with Crippen LogP contribution >= 0.6 is 0 Å². The first-order valence-corrected chi connectivity index (χ1v) is 4.45. The number of unbranched alkanes of at least 4 members (excludes halogenated alkanes) is 2. The fourth-order valence-corrected chi connectivity index (χ4v) is 1.14. The second-order valence-corrected chi connectivity index (χ2v) is 2.94. The third-order valence-electron chi connectivity index (χ3n) is 2.00. The van der Waals surface area contributed by atoms with Crippen molar-refractivity contribution < 1.29 is 9.90 Å². The Morgan fingerprint density at radius 3 is 2.36 bits per heavy atom. The molecule has 2 nitrogen and oxygen atoms in total. The van der Waals surface area contributed by atoms with Crippen molar-refractivity contribution in [3.05, 3.63) is 0 Å². The summed E-state index contributed by atoms with van der Waals surface area (Å²) in [6.45, 7) is 4.06. The third-order valence-corrected chi connectivity index (χ3v) is 2.00. The van der Waals surface area contributed by atoms with E-state index < -0.39 is 5.97 Å². The number of hydrogen-bond donors (Lipinski definition) is 1. The van der Waals surface area contributed by atoms with Crippen molar-refractivity contribution in [3.63, 3.8) is 0 Å². The molecule has 0 aliphatic carbocycles. The van der Waals surface area contributed by atoms with Gasteiger partial charge in [-0.15, -0.1) is 0 Å². The first kappa shape index (κ1) is 10.5. The lowest BCUT2D eigenvalue weighted by atomic mass is 9.99. The summed E-state index contributed by atoms with van der Waals surface area (Å²) in [5.41, 5.74) is 0. The van der Waals surface area contributed by atoms with Crippen LogP contribution in [0.15, 0.2) is 0 Å². The highest BCUT2D eigenvalue weighted by atomic mass is 16.4. The molecular formula is C9H18O2. The van der Waals surface area contributed by atoms with Crippen LogP contribution in [0.1, 0.15) is 46.0 Å². The minimum absolute atomic E-state index is 0.110. The molecule has 0 radical (unpaired) electrons. The topological polar surface area (TPSA) is 37.3 Å². The van der Waals surface area contributed by atoms with E-state index in [0.29, 0.717) is 0 Å². The second-order valence-electron chi connectivity index (χ2n) is 2.94. The average Bonchev–Trinajstić information content (AvgIpc) is 1.97. The van der Waals surface area contributed by atoms with Gasteiger partial charge in [0, 0.05) is 0 Å². The van der Waals surface area contributed by atoms with E-state index in [1.54, 1.807) is 0 Å². The molecule has 0 saturated heterocycles. The quantitative estimate of drug-likeness (QED) is 0.603. The summed E-state index contributed by atoms with van der Waals surface area (Å²) in [4.78, 5) is 10.5. The summed E-state index contributed by atoms with van der Waals surface area (Å²) in [7, 11) is 0. The summed E-state index contributed by atoms with van der Waals surface area (Å²) in [5, 5.41) is 8.67. The second kappa shape index (κ2) is 6.20. The van der Waals surface area contributed by atoms with Crippen LogP contribution in [-0.2, 0) is 4.79 Å². The molecule has 1 atom stereocenters. The lowest BCUT2D eigenvalue weighted by Gasteiger charge is -2.07. The zero-order chi connectivity index (χ0) is 8.69. The molecule has 11 heavy (non-hydrogen) atoms. The van der Waals surface area contributed by atoms with Crippen molar-refractivity contribution in [2.45, 2.75) is 46.0 Å². The minimum Gasteiger partial charge on any atom is -0.481 e. The number of carboxylic acids is 1. The lowest BCUT2D eigenvalue weighted by Crippen LogP contribution is -2.12. The van der Waals surface area contributed by atoms with Gasteiger partial charge in [0.2, 0.25) is 0 Å². The average molecular weight is 158 g/mol. The highest BCUT2D eigenvalue weighted by molar-refractivity contribution is 5.69. The fourth-order valence-electron chi connectivity index (χ4n) is 1.14. The van der Waals surface area contributed by atoms with Crippen molar-refractivity contribution in [2.75, 3.05) is 0 Å². The molecule has 2 heteroatoms. The Hall–Kier alpha value is -0.530. The molecule has 0 aliphatic rings. The molecule has 0 aromatic heterocycles. The van der Waals surface area contributed by atoms with Gasteiger partial charge in [0.05, 0.1) is 5.92 Å². The maximum absolute atomic E-state index is 10.5. The molecule has 0 saturated carbocycles. The van der Waals surface area contributed by atoms with Crippen LogP contribution in [0, 0.1) is 5.92 Å². The number of aliphatic carboxylic acids is 1. The van der Waals surface area contributed by atoms with E-state index in [4.69, 9.17) is 5.11 Å². The smallest absolute Gasteiger partial charge is 0.306 e. The highest BCUT2D eigenvalue weighted by Crippen LogP contribution is 2.13. The van der Waals surface area contributed by atoms with Gasteiger partial charge in [0.1, 0.15) is 0 Å². The number of carboxylic acid groups (broad SMARTS) is 1. The summed E-state index contributed by atoms with van der Waals surface area (Å²) in [6, 6.07) is 0. The molecule has 0 heterocycles. The Bertz CT molecular complexity index is 110. The van der Waals surface area contributed by atoms with Gasteiger partial charge >= 0.3 is 5.97 Å². The Balaban J connectivity index is 3.44. The number of carbonyl (C=O) groups is 1. The van der Waals surface area contributed by atoms with E-state index in [-0.39, 0.29) is 5.92 Å². The standard InChI is InChI=1S/C9H18O2/c1-3-5-6-7-8(4-2)9(10)11/h8H,3-7H2,1-2H3,(H,10,11)/t8-/m1/s1. The van der Waals surface area contributed by atoms with Crippen LogP contribution in [-0.4, -0.2) is 11.1 Å². The van der Waals surface area contributed by atoms with Gasteiger partial charge in [0.15, 0.2) is 0 Å². The molecular weight excluding hydrogens is 140 g/mol. The number of hydrogen-bond acceptors (Lipinski definition) is 1. The minimum atomic E-state index is -0.636.